The summed E-state index contributed by atoms with van der Waals surface area (Å²) in [5, 5.41) is -0.403. The van der Waals surface area contributed by atoms with Crippen molar-refractivity contribution in [1.82, 2.24) is 0 Å². The molecule has 0 spiro atoms. The van der Waals surface area contributed by atoms with Gasteiger partial charge >= 0.3 is 0 Å². The van der Waals surface area contributed by atoms with Crippen LogP contribution in [-0.2, 0) is 9.84 Å². The lowest BCUT2D eigenvalue weighted by Gasteiger charge is -2.18. The molecule has 14 heavy (non-hydrogen) atoms. The molecular weight excluding hydrogens is 196 g/mol. The van der Waals surface area contributed by atoms with E-state index in [9.17, 15) is 8.42 Å². The van der Waals surface area contributed by atoms with Crippen LogP contribution >= 0.6 is 0 Å². The third kappa shape index (κ3) is 2.49. The van der Waals surface area contributed by atoms with E-state index >= 15 is 0 Å². The zero-order valence-corrected chi connectivity index (χ0v) is 8.89. The number of allylic oxidation sites excluding steroid dienone is 2. The van der Waals surface area contributed by atoms with Crippen molar-refractivity contribution in [2.75, 3.05) is 5.75 Å². The van der Waals surface area contributed by atoms with Gasteiger partial charge in [-0.3, -0.25) is 0 Å². The molecule has 0 saturated carbocycles. The Morgan fingerprint density at radius 3 is 3.00 bits per heavy atom. The van der Waals surface area contributed by atoms with Crippen molar-refractivity contribution in [2.45, 2.75) is 24.5 Å². The second kappa shape index (κ2) is 4.47. The minimum atomic E-state index is -3.14. The molecule has 0 fully saturated rings. The maximum atomic E-state index is 11.6. The second-order valence-corrected chi connectivity index (χ2v) is 5.61. The Morgan fingerprint density at radius 1 is 1.71 bits per heavy atom. The Morgan fingerprint density at radius 2 is 2.43 bits per heavy atom. The van der Waals surface area contributed by atoms with Crippen LogP contribution in [0, 0.1) is 12.3 Å². The molecule has 0 aliphatic heterocycles. The van der Waals surface area contributed by atoms with Crippen LogP contribution in [-0.4, -0.2) is 19.4 Å². The van der Waals surface area contributed by atoms with Gasteiger partial charge in [-0.15, -0.1) is 6.42 Å². The summed E-state index contributed by atoms with van der Waals surface area (Å²) in [6.07, 6.45) is 11.0. The predicted molar refractivity (Wildman–Crippen MR) is 58.5 cm³/mol. The van der Waals surface area contributed by atoms with E-state index < -0.39 is 15.1 Å². The lowest BCUT2D eigenvalue weighted by molar-refractivity contribution is 0.579. The monoisotopic (exact) mass is 210 g/mol. The van der Waals surface area contributed by atoms with Gasteiger partial charge in [0.2, 0.25) is 0 Å². The van der Waals surface area contributed by atoms with Gasteiger partial charge in [0.05, 0.1) is 5.25 Å². The number of terminal acetylenes is 1. The van der Waals surface area contributed by atoms with Gasteiger partial charge in [-0.2, -0.15) is 0 Å². The predicted octanol–water partition coefficient (Wildman–Crippen LogP) is 1.70. The maximum absolute atomic E-state index is 11.6. The van der Waals surface area contributed by atoms with Crippen LogP contribution in [0.4, 0.5) is 0 Å². The second-order valence-electron chi connectivity index (χ2n) is 3.39. The minimum absolute atomic E-state index is 0.168. The van der Waals surface area contributed by atoms with E-state index in [4.69, 9.17) is 6.42 Å². The van der Waals surface area contributed by atoms with Crippen LogP contribution in [0.5, 0.6) is 0 Å². The smallest absolute Gasteiger partial charge is 0.167 e. The van der Waals surface area contributed by atoms with Crippen molar-refractivity contribution in [3.8, 4) is 12.3 Å². The summed E-state index contributed by atoms with van der Waals surface area (Å²) in [4.78, 5) is 0. The van der Waals surface area contributed by atoms with Crippen molar-refractivity contribution >= 4 is 9.84 Å². The van der Waals surface area contributed by atoms with E-state index in [1.165, 1.54) is 0 Å². The van der Waals surface area contributed by atoms with E-state index in [-0.39, 0.29) is 5.75 Å². The van der Waals surface area contributed by atoms with Crippen molar-refractivity contribution in [3.05, 3.63) is 24.3 Å². The molecule has 0 saturated heterocycles. The quantitative estimate of drug-likeness (QED) is 0.664. The fraction of sp³-hybridized carbons (Fsp3) is 0.455. The van der Waals surface area contributed by atoms with E-state index in [0.717, 1.165) is 18.4 Å². The fourth-order valence-electron chi connectivity index (χ4n) is 1.59. The lowest BCUT2D eigenvalue weighted by atomic mass is 9.99. The molecule has 0 N–H and O–H groups in total. The van der Waals surface area contributed by atoms with Crippen LogP contribution in [0.15, 0.2) is 24.3 Å². The van der Waals surface area contributed by atoms with E-state index in [1.807, 2.05) is 0 Å². The van der Waals surface area contributed by atoms with Crippen LogP contribution in [0.3, 0.4) is 0 Å². The SMILES string of the molecule is C#CCS(=O)(=O)C1C=C(C=C)CCC1. The molecule has 1 atom stereocenters. The Labute approximate surface area is 85.6 Å². The number of sulfone groups is 1. The van der Waals surface area contributed by atoms with Crippen molar-refractivity contribution in [2.24, 2.45) is 0 Å². The molecule has 0 heterocycles. The lowest BCUT2D eigenvalue weighted by Crippen LogP contribution is -2.24. The summed E-state index contributed by atoms with van der Waals surface area (Å²) in [7, 11) is -3.14. The van der Waals surface area contributed by atoms with Crippen LogP contribution in [0.1, 0.15) is 19.3 Å². The summed E-state index contributed by atoms with van der Waals surface area (Å²) >= 11 is 0. The van der Waals surface area contributed by atoms with Gasteiger partial charge in [-0.1, -0.05) is 30.2 Å². The Bertz CT molecular complexity index is 382. The zero-order valence-electron chi connectivity index (χ0n) is 8.07. The van der Waals surface area contributed by atoms with Crippen LogP contribution in [0.2, 0.25) is 0 Å². The van der Waals surface area contributed by atoms with Crippen molar-refractivity contribution < 1.29 is 8.42 Å². The third-order valence-corrected chi connectivity index (χ3v) is 4.23. The third-order valence-electron chi connectivity index (χ3n) is 2.36. The Kier molecular flexibility index (Phi) is 3.54. The molecule has 1 unspecified atom stereocenters. The van der Waals surface area contributed by atoms with Gasteiger partial charge < -0.3 is 0 Å². The highest BCUT2D eigenvalue weighted by Crippen LogP contribution is 2.23. The normalized spacial score (nSPS) is 22.2. The fourth-order valence-corrected chi connectivity index (χ4v) is 2.94. The Balaban J connectivity index is 2.90. The summed E-state index contributed by atoms with van der Waals surface area (Å²) in [6, 6.07) is 0. The van der Waals surface area contributed by atoms with E-state index in [1.54, 1.807) is 12.2 Å². The minimum Gasteiger partial charge on any atom is -0.227 e. The zero-order chi connectivity index (χ0) is 10.6. The average Bonchev–Trinajstić information content (AvgIpc) is 2.18. The molecule has 76 valence electrons. The molecule has 0 aromatic heterocycles. The number of hydrogen-bond donors (Lipinski definition) is 0. The summed E-state index contributed by atoms with van der Waals surface area (Å²) in [6.45, 7) is 3.64. The van der Waals surface area contributed by atoms with Gasteiger partial charge in [0, 0.05) is 0 Å². The average molecular weight is 210 g/mol. The summed E-state index contributed by atoms with van der Waals surface area (Å²) in [5.74, 6) is 2.03. The molecule has 0 bridgehead atoms. The highest BCUT2D eigenvalue weighted by molar-refractivity contribution is 7.92. The first-order valence-corrected chi connectivity index (χ1v) is 6.30. The molecule has 0 aromatic carbocycles. The highest BCUT2D eigenvalue weighted by Gasteiger charge is 2.24. The largest absolute Gasteiger partial charge is 0.227 e. The molecule has 0 amide bonds. The molecular formula is C11H14O2S. The van der Waals surface area contributed by atoms with Crippen LogP contribution in [0.25, 0.3) is 0 Å². The van der Waals surface area contributed by atoms with Crippen LogP contribution < -0.4 is 0 Å². The molecule has 3 heteroatoms. The summed E-state index contributed by atoms with van der Waals surface area (Å²) < 4.78 is 23.3. The van der Waals surface area contributed by atoms with Gasteiger partial charge in [-0.25, -0.2) is 8.42 Å². The maximum Gasteiger partial charge on any atom is 0.167 e. The van der Waals surface area contributed by atoms with E-state index in [0.29, 0.717) is 6.42 Å². The highest BCUT2D eigenvalue weighted by atomic mass is 32.2. The molecule has 1 rings (SSSR count). The molecule has 0 aromatic rings. The topological polar surface area (TPSA) is 34.1 Å². The summed E-state index contributed by atoms with van der Waals surface area (Å²) in [5.41, 5.74) is 1.02. The van der Waals surface area contributed by atoms with Crippen molar-refractivity contribution in [1.29, 1.82) is 0 Å². The molecule has 1 aliphatic rings. The van der Waals surface area contributed by atoms with Gasteiger partial charge in [-0.05, 0) is 19.3 Å². The molecule has 2 nitrogen and oxygen atoms in total. The number of rotatable bonds is 3. The van der Waals surface area contributed by atoms with Gasteiger partial charge in [0.15, 0.2) is 9.84 Å². The molecule has 1 aliphatic carbocycles. The standard InChI is InChI=1S/C11H14O2S/c1-3-8-14(12,13)11-7-5-6-10(4-2)9-11/h1,4,9,11H,2,5-8H2. The van der Waals surface area contributed by atoms with Gasteiger partial charge in [0.1, 0.15) is 5.75 Å². The first kappa shape index (κ1) is 11.1. The first-order chi connectivity index (χ1) is 6.60. The Hall–Kier alpha value is -1.01. The van der Waals surface area contributed by atoms with Gasteiger partial charge in [0.25, 0.3) is 0 Å². The van der Waals surface area contributed by atoms with E-state index in [2.05, 4.69) is 12.5 Å². The molecule has 0 radical (unpaired) electrons. The first-order valence-electron chi connectivity index (χ1n) is 4.58. The number of hydrogen-bond acceptors (Lipinski definition) is 2. The van der Waals surface area contributed by atoms with Crippen molar-refractivity contribution in [3.63, 3.8) is 0 Å².